The van der Waals surface area contributed by atoms with Gasteiger partial charge in [-0.05, 0) is 36.4 Å². The van der Waals surface area contributed by atoms with E-state index < -0.39 is 11.7 Å². The van der Waals surface area contributed by atoms with Gasteiger partial charge in [-0.25, -0.2) is 0 Å². The van der Waals surface area contributed by atoms with Gasteiger partial charge in [0.05, 0.1) is 22.8 Å². The number of halogens is 4. The van der Waals surface area contributed by atoms with Gasteiger partial charge in [-0.15, -0.1) is 5.11 Å². The number of aromatic hydroxyl groups is 1. The molecule has 140 valence electrons. The van der Waals surface area contributed by atoms with Crippen LogP contribution in [0.4, 0.5) is 24.5 Å². The first-order valence-electron chi connectivity index (χ1n) is 8.04. The van der Waals surface area contributed by atoms with Crippen LogP contribution in [0.25, 0.3) is 10.9 Å². The molecule has 2 heterocycles. The molecule has 4 rings (SSSR count). The van der Waals surface area contributed by atoms with Gasteiger partial charge >= 0.3 is 6.18 Å². The summed E-state index contributed by atoms with van der Waals surface area (Å²) >= 11 is 5.19. The number of benzene rings is 2. The number of hydrogen-bond acceptors (Lipinski definition) is 4. The van der Waals surface area contributed by atoms with Crippen LogP contribution in [0.1, 0.15) is 11.6 Å². The van der Waals surface area contributed by atoms with E-state index in [1.807, 2.05) is 22.8 Å². The van der Waals surface area contributed by atoms with Crippen molar-refractivity contribution >= 4 is 50.0 Å². The van der Waals surface area contributed by atoms with Gasteiger partial charge in [0, 0.05) is 21.4 Å². The monoisotopic (exact) mass is 455 g/mol. The smallest absolute Gasteiger partial charge is 0.416 e. The molecule has 0 bridgehead atoms. The number of nitrogens with zero attached hydrogens (tertiary/aromatic N) is 3. The maximum absolute atomic E-state index is 12.9. The summed E-state index contributed by atoms with van der Waals surface area (Å²) in [6.45, 7) is 0. The molecule has 2 aromatic carbocycles. The summed E-state index contributed by atoms with van der Waals surface area (Å²) < 4.78 is 41.2. The molecular weight excluding hydrogens is 443 g/mol. The van der Waals surface area contributed by atoms with Crippen molar-refractivity contribution in [2.45, 2.75) is 12.2 Å². The van der Waals surface area contributed by atoms with Gasteiger partial charge in [0.15, 0.2) is 5.69 Å². The van der Waals surface area contributed by atoms with Gasteiger partial charge < -0.3 is 9.67 Å². The minimum atomic E-state index is -4.45. The Kier molecular flexibility index (Phi) is 4.67. The van der Waals surface area contributed by atoms with Crippen LogP contribution < -0.4 is 0 Å². The quantitative estimate of drug-likeness (QED) is 0.439. The molecule has 0 unspecified atom stereocenters. The molecule has 0 aliphatic carbocycles. The van der Waals surface area contributed by atoms with Gasteiger partial charge in [-0.3, -0.25) is 0 Å². The standard InChI is InChI=1S/C18H13BrF3N3OS/c19-11-4-5-15-14(7-11)16(17(26)25(15)13-8-27-9-13)24-23-12-3-1-2-10(6-12)18(20,21)22/h1-7,13,26H,8-9H2. The number of alkyl halides is 3. The summed E-state index contributed by atoms with van der Waals surface area (Å²) in [7, 11) is 0. The molecule has 1 N–H and O–H groups in total. The van der Waals surface area contributed by atoms with Gasteiger partial charge in [0.1, 0.15) is 0 Å². The zero-order chi connectivity index (χ0) is 19.2. The van der Waals surface area contributed by atoms with E-state index in [1.165, 1.54) is 12.1 Å². The molecule has 27 heavy (non-hydrogen) atoms. The van der Waals surface area contributed by atoms with Gasteiger partial charge in [-0.1, -0.05) is 22.0 Å². The van der Waals surface area contributed by atoms with Crippen molar-refractivity contribution < 1.29 is 18.3 Å². The second-order valence-corrected chi connectivity index (χ2v) is 8.13. The topological polar surface area (TPSA) is 49.9 Å². The zero-order valence-electron chi connectivity index (χ0n) is 13.7. The van der Waals surface area contributed by atoms with E-state index in [1.54, 1.807) is 11.8 Å². The van der Waals surface area contributed by atoms with Crippen molar-refractivity contribution in [2.24, 2.45) is 10.2 Å². The lowest BCUT2D eigenvalue weighted by molar-refractivity contribution is -0.137. The van der Waals surface area contributed by atoms with Crippen LogP contribution in [0.15, 0.2) is 57.2 Å². The van der Waals surface area contributed by atoms with E-state index in [-0.39, 0.29) is 23.3 Å². The Balaban J connectivity index is 1.79. The minimum absolute atomic E-state index is 0.0240. The van der Waals surface area contributed by atoms with Crippen LogP contribution >= 0.6 is 27.7 Å². The van der Waals surface area contributed by atoms with Crippen LogP contribution in [-0.2, 0) is 6.18 Å². The van der Waals surface area contributed by atoms with Crippen molar-refractivity contribution in [3.8, 4) is 5.88 Å². The number of thioether (sulfide) groups is 1. The number of aromatic nitrogens is 1. The molecule has 1 aromatic heterocycles. The fourth-order valence-corrected chi connectivity index (χ4v) is 4.06. The van der Waals surface area contributed by atoms with Crippen LogP contribution in [0.3, 0.4) is 0 Å². The third kappa shape index (κ3) is 3.45. The first-order chi connectivity index (χ1) is 12.8. The zero-order valence-corrected chi connectivity index (χ0v) is 16.1. The molecule has 3 aromatic rings. The Morgan fingerprint density at radius 2 is 1.89 bits per heavy atom. The summed E-state index contributed by atoms with van der Waals surface area (Å²) in [4.78, 5) is 0. The van der Waals surface area contributed by atoms with Crippen molar-refractivity contribution in [2.75, 3.05) is 11.5 Å². The molecular formula is C18H13BrF3N3OS. The number of fused-ring (bicyclic) bond motifs is 1. The van der Waals surface area contributed by atoms with Crippen molar-refractivity contribution in [3.63, 3.8) is 0 Å². The molecule has 4 nitrogen and oxygen atoms in total. The van der Waals surface area contributed by atoms with Crippen LogP contribution in [0, 0.1) is 0 Å². The average molecular weight is 456 g/mol. The molecule has 0 saturated carbocycles. The third-order valence-electron chi connectivity index (χ3n) is 4.34. The molecule has 1 aliphatic rings. The Morgan fingerprint density at radius 1 is 1.11 bits per heavy atom. The van der Waals surface area contributed by atoms with Crippen LogP contribution in [0.2, 0.25) is 0 Å². The molecule has 1 aliphatic heterocycles. The first kappa shape index (κ1) is 18.4. The number of rotatable bonds is 3. The first-order valence-corrected chi connectivity index (χ1v) is 9.98. The van der Waals surface area contributed by atoms with E-state index in [0.717, 1.165) is 33.6 Å². The minimum Gasteiger partial charge on any atom is -0.493 e. The summed E-state index contributed by atoms with van der Waals surface area (Å²) in [6.07, 6.45) is -4.45. The summed E-state index contributed by atoms with van der Waals surface area (Å²) in [5.74, 6) is 1.75. The second-order valence-electron chi connectivity index (χ2n) is 6.14. The van der Waals surface area contributed by atoms with Crippen LogP contribution in [-0.4, -0.2) is 21.2 Å². The number of azo groups is 1. The summed E-state index contributed by atoms with van der Waals surface area (Å²) in [5, 5.41) is 19.4. The van der Waals surface area contributed by atoms with Crippen molar-refractivity contribution in [1.82, 2.24) is 4.57 Å². The number of hydrogen-bond donors (Lipinski definition) is 1. The fourth-order valence-electron chi connectivity index (χ4n) is 2.95. The van der Waals surface area contributed by atoms with E-state index in [4.69, 9.17) is 0 Å². The van der Waals surface area contributed by atoms with Gasteiger partial charge in [-0.2, -0.15) is 30.0 Å². The van der Waals surface area contributed by atoms with E-state index in [2.05, 4.69) is 26.2 Å². The second kappa shape index (κ2) is 6.87. The van der Waals surface area contributed by atoms with Crippen molar-refractivity contribution in [3.05, 3.63) is 52.5 Å². The normalized spacial score (nSPS) is 15.6. The molecule has 0 atom stereocenters. The lowest BCUT2D eigenvalue weighted by Crippen LogP contribution is -2.22. The predicted octanol–water partition coefficient (Wildman–Crippen LogP) is 6.83. The van der Waals surface area contributed by atoms with E-state index in [9.17, 15) is 18.3 Å². The van der Waals surface area contributed by atoms with Gasteiger partial charge in [0.2, 0.25) is 5.88 Å². The van der Waals surface area contributed by atoms with Crippen LogP contribution in [0.5, 0.6) is 5.88 Å². The highest BCUT2D eigenvalue weighted by molar-refractivity contribution is 9.10. The average Bonchev–Trinajstić information content (AvgIpc) is 2.83. The fraction of sp³-hybridized carbons (Fsp3) is 0.222. The molecule has 9 heteroatoms. The third-order valence-corrected chi connectivity index (χ3v) is 6.07. The lowest BCUT2D eigenvalue weighted by atomic mass is 10.2. The molecule has 0 radical (unpaired) electrons. The Labute approximate surface area is 165 Å². The Hall–Kier alpha value is -2.00. The van der Waals surface area contributed by atoms with Gasteiger partial charge in [0.25, 0.3) is 0 Å². The molecule has 0 spiro atoms. The predicted molar refractivity (Wildman–Crippen MR) is 103 cm³/mol. The summed E-state index contributed by atoms with van der Waals surface area (Å²) in [6, 6.07) is 10.4. The van der Waals surface area contributed by atoms with E-state index in [0.29, 0.717) is 5.39 Å². The maximum atomic E-state index is 12.9. The Morgan fingerprint density at radius 3 is 2.56 bits per heavy atom. The molecule has 0 amide bonds. The Bertz CT molecular complexity index is 1040. The van der Waals surface area contributed by atoms with E-state index >= 15 is 0 Å². The largest absolute Gasteiger partial charge is 0.493 e. The maximum Gasteiger partial charge on any atom is 0.416 e. The molecule has 1 fully saturated rings. The summed E-state index contributed by atoms with van der Waals surface area (Å²) in [5.41, 5.74) is 0.346. The SMILES string of the molecule is Oc1c(N=Nc2cccc(C(F)(F)F)c2)c2cc(Br)ccc2n1C1CSC1. The highest BCUT2D eigenvalue weighted by atomic mass is 79.9. The molecule has 1 saturated heterocycles. The van der Waals surface area contributed by atoms with Crippen molar-refractivity contribution in [1.29, 1.82) is 0 Å². The lowest BCUT2D eigenvalue weighted by Gasteiger charge is -2.27. The highest BCUT2D eigenvalue weighted by Crippen LogP contribution is 2.45. The highest BCUT2D eigenvalue weighted by Gasteiger charge is 2.30.